The highest BCUT2D eigenvalue weighted by Gasteiger charge is 2.10. The largest absolute Gasteiger partial charge is 0.497 e. The van der Waals surface area contributed by atoms with Gasteiger partial charge in [0, 0.05) is 17.6 Å². The first kappa shape index (κ1) is 18.1. The zero-order valence-electron chi connectivity index (χ0n) is 14.8. The van der Waals surface area contributed by atoms with E-state index in [4.69, 9.17) is 4.74 Å². The van der Waals surface area contributed by atoms with Gasteiger partial charge in [0.2, 0.25) is 0 Å². The van der Waals surface area contributed by atoms with E-state index in [1.165, 1.54) is 11.8 Å². The van der Waals surface area contributed by atoms with Gasteiger partial charge < -0.3 is 15.4 Å². The molecule has 0 heterocycles. The van der Waals surface area contributed by atoms with Gasteiger partial charge in [0.25, 0.3) is 5.91 Å². The van der Waals surface area contributed by atoms with Gasteiger partial charge in [-0.25, -0.2) is 0 Å². The molecular weight excluding hydrogens is 314 g/mol. The highest BCUT2D eigenvalue weighted by Crippen LogP contribution is 2.22. The molecule has 0 aliphatic heterocycles. The molecule has 0 saturated carbocycles. The van der Waals surface area contributed by atoms with E-state index >= 15 is 0 Å². The minimum atomic E-state index is -0.470. The number of anilines is 2. The first-order valence-electron chi connectivity index (χ1n) is 7.84. The molecule has 2 aromatic carbocycles. The van der Waals surface area contributed by atoms with E-state index in [0.717, 1.165) is 16.8 Å². The Kier molecular flexibility index (Phi) is 5.80. The maximum atomic E-state index is 12.3. The molecule has 1 amide bonds. The molecular formula is C20H21N3O2. The average molecular weight is 335 g/mol. The van der Waals surface area contributed by atoms with E-state index < -0.39 is 5.91 Å². The third-order valence-electron chi connectivity index (χ3n) is 3.75. The molecule has 5 heteroatoms. The number of aryl methyl sites for hydroxylation is 3. The van der Waals surface area contributed by atoms with Gasteiger partial charge in [-0.05, 0) is 56.2 Å². The summed E-state index contributed by atoms with van der Waals surface area (Å²) in [6, 6.07) is 12.9. The second kappa shape index (κ2) is 8.02. The number of carbonyl (C=O) groups excluding carboxylic acids is 1. The highest BCUT2D eigenvalue weighted by molar-refractivity contribution is 6.06. The van der Waals surface area contributed by atoms with Gasteiger partial charge in [0.1, 0.15) is 17.4 Å². The number of hydrogen-bond donors (Lipinski definition) is 2. The van der Waals surface area contributed by atoms with Crippen LogP contribution in [0.25, 0.3) is 0 Å². The van der Waals surface area contributed by atoms with Crippen LogP contribution in [0.2, 0.25) is 0 Å². The van der Waals surface area contributed by atoms with E-state index in [0.29, 0.717) is 11.4 Å². The number of nitrogens with zero attached hydrogens (tertiary/aromatic N) is 1. The minimum absolute atomic E-state index is 0.00445. The van der Waals surface area contributed by atoms with Crippen molar-refractivity contribution < 1.29 is 9.53 Å². The van der Waals surface area contributed by atoms with Crippen molar-refractivity contribution in [3.63, 3.8) is 0 Å². The normalized spacial score (nSPS) is 10.8. The lowest BCUT2D eigenvalue weighted by Crippen LogP contribution is -2.14. The molecule has 0 spiro atoms. The van der Waals surface area contributed by atoms with Crippen molar-refractivity contribution >= 4 is 17.3 Å². The van der Waals surface area contributed by atoms with Crippen LogP contribution >= 0.6 is 0 Å². The zero-order chi connectivity index (χ0) is 18.4. The SMILES string of the molecule is COc1ccc(NC(=O)/C(C#N)=C\Nc2c(C)cc(C)cc2C)cc1. The van der Waals surface area contributed by atoms with Crippen LogP contribution in [-0.4, -0.2) is 13.0 Å². The lowest BCUT2D eigenvalue weighted by Gasteiger charge is -2.11. The van der Waals surface area contributed by atoms with Gasteiger partial charge in [0.05, 0.1) is 7.11 Å². The summed E-state index contributed by atoms with van der Waals surface area (Å²) in [5, 5.41) is 15.1. The molecule has 0 radical (unpaired) electrons. The van der Waals surface area contributed by atoms with Crippen LogP contribution in [-0.2, 0) is 4.79 Å². The van der Waals surface area contributed by atoms with E-state index in [1.807, 2.05) is 39.0 Å². The molecule has 0 saturated heterocycles. The van der Waals surface area contributed by atoms with E-state index in [9.17, 15) is 10.1 Å². The van der Waals surface area contributed by atoms with Crippen molar-refractivity contribution in [1.29, 1.82) is 5.26 Å². The predicted octanol–water partition coefficient (Wildman–Crippen LogP) is 4.08. The second-order valence-corrected chi connectivity index (χ2v) is 5.77. The van der Waals surface area contributed by atoms with Gasteiger partial charge in [-0.1, -0.05) is 17.7 Å². The number of nitriles is 1. The van der Waals surface area contributed by atoms with Gasteiger partial charge in [-0.2, -0.15) is 5.26 Å². The third-order valence-corrected chi connectivity index (χ3v) is 3.75. The number of carbonyl (C=O) groups is 1. The Morgan fingerprint density at radius 1 is 1.12 bits per heavy atom. The molecule has 5 nitrogen and oxygen atoms in total. The lowest BCUT2D eigenvalue weighted by atomic mass is 10.1. The van der Waals surface area contributed by atoms with Crippen molar-refractivity contribution in [1.82, 2.24) is 0 Å². The quantitative estimate of drug-likeness (QED) is 0.638. The van der Waals surface area contributed by atoms with Crippen LogP contribution < -0.4 is 15.4 Å². The van der Waals surface area contributed by atoms with Crippen molar-refractivity contribution in [2.75, 3.05) is 17.7 Å². The van der Waals surface area contributed by atoms with Crippen LogP contribution in [0.3, 0.4) is 0 Å². The summed E-state index contributed by atoms with van der Waals surface area (Å²) in [5.41, 5.74) is 4.77. The smallest absolute Gasteiger partial charge is 0.267 e. The monoisotopic (exact) mass is 335 g/mol. The van der Waals surface area contributed by atoms with Gasteiger partial charge in [0.15, 0.2) is 0 Å². The molecule has 0 bridgehead atoms. The van der Waals surface area contributed by atoms with Gasteiger partial charge in [-0.15, -0.1) is 0 Å². The third kappa shape index (κ3) is 4.61. The van der Waals surface area contributed by atoms with E-state index in [2.05, 4.69) is 10.6 Å². The Bertz CT molecular complexity index is 823. The van der Waals surface area contributed by atoms with Crippen LogP contribution in [0.4, 0.5) is 11.4 Å². The number of methoxy groups -OCH3 is 1. The summed E-state index contributed by atoms with van der Waals surface area (Å²) in [7, 11) is 1.57. The van der Waals surface area contributed by atoms with E-state index in [1.54, 1.807) is 31.4 Å². The number of benzene rings is 2. The minimum Gasteiger partial charge on any atom is -0.497 e. The Morgan fingerprint density at radius 3 is 2.24 bits per heavy atom. The van der Waals surface area contributed by atoms with Crippen molar-refractivity contribution in [2.45, 2.75) is 20.8 Å². The van der Waals surface area contributed by atoms with Crippen molar-refractivity contribution in [3.05, 3.63) is 64.9 Å². The molecule has 2 rings (SSSR count). The van der Waals surface area contributed by atoms with Gasteiger partial charge >= 0.3 is 0 Å². The Morgan fingerprint density at radius 2 is 1.72 bits per heavy atom. The fourth-order valence-electron chi connectivity index (χ4n) is 2.57. The van der Waals surface area contributed by atoms with Crippen LogP contribution in [0.5, 0.6) is 5.75 Å². The first-order valence-corrected chi connectivity index (χ1v) is 7.84. The second-order valence-electron chi connectivity index (χ2n) is 5.77. The molecule has 0 unspecified atom stereocenters. The topological polar surface area (TPSA) is 74.1 Å². The lowest BCUT2D eigenvalue weighted by molar-refractivity contribution is -0.112. The molecule has 0 aliphatic carbocycles. The molecule has 0 fully saturated rings. The summed E-state index contributed by atoms with van der Waals surface area (Å²) < 4.78 is 5.07. The highest BCUT2D eigenvalue weighted by atomic mass is 16.5. The van der Waals surface area contributed by atoms with Crippen LogP contribution in [0.1, 0.15) is 16.7 Å². The van der Waals surface area contributed by atoms with Crippen molar-refractivity contribution in [3.8, 4) is 11.8 Å². The Balaban J connectivity index is 2.14. The number of rotatable bonds is 5. The number of hydrogen-bond acceptors (Lipinski definition) is 4. The molecule has 128 valence electrons. The average Bonchev–Trinajstić information content (AvgIpc) is 2.58. The molecule has 0 aliphatic rings. The molecule has 0 atom stereocenters. The molecule has 0 aromatic heterocycles. The summed E-state index contributed by atoms with van der Waals surface area (Å²) in [4.78, 5) is 12.3. The van der Waals surface area contributed by atoms with Crippen LogP contribution in [0.15, 0.2) is 48.2 Å². The molecule has 2 N–H and O–H groups in total. The van der Waals surface area contributed by atoms with Crippen molar-refractivity contribution in [2.24, 2.45) is 0 Å². The maximum absolute atomic E-state index is 12.3. The summed E-state index contributed by atoms with van der Waals surface area (Å²) in [6.45, 7) is 6.00. The standard InChI is InChI=1S/C20H21N3O2/c1-13-9-14(2)19(15(3)10-13)22-12-16(11-21)20(24)23-17-5-7-18(25-4)8-6-17/h5-10,12,22H,1-4H3,(H,23,24)/b16-12-. The zero-order valence-corrected chi connectivity index (χ0v) is 14.8. The predicted molar refractivity (Wildman–Crippen MR) is 99.6 cm³/mol. The Hall–Kier alpha value is -3.26. The summed E-state index contributed by atoms with van der Waals surface area (Å²) >= 11 is 0. The maximum Gasteiger partial charge on any atom is 0.267 e. The number of nitrogens with one attached hydrogen (secondary N) is 2. The first-order chi connectivity index (χ1) is 11.9. The van der Waals surface area contributed by atoms with E-state index in [-0.39, 0.29) is 5.57 Å². The number of ether oxygens (including phenoxy) is 1. The summed E-state index contributed by atoms with van der Waals surface area (Å²) in [5.74, 6) is 0.226. The van der Waals surface area contributed by atoms with Crippen LogP contribution in [0, 0.1) is 32.1 Å². The van der Waals surface area contributed by atoms with Gasteiger partial charge in [-0.3, -0.25) is 4.79 Å². The number of amides is 1. The summed E-state index contributed by atoms with van der Waals surface area (Å²) in [6.07, 6.45) is 1.43. The fraction of sp³-hybridized carbons (Fsp3) is 0.200. The molecule has 2 aromatic rings. The Labute approximate surface area is 147 Å². The fourth-order valence-corrected chi connectivity index (χ4v) is 2.57. The molecule has 25 heavy (non-hydrogen) atoms.